The number of hydrogen-bond acceptors (Lipinski definition) is 4. The maximum atomic E-state index is 6.19. The minimum Gasteiger partial charge on any atom is -0.370 e. The molecule has 0 aromatic carbocycles. The number of nitrogens with zero attached hydrogens (tertiary/aromatic N) is 4. The molecule has 2 aliphatic rings. The smallest absolute Gasteiger partial charge is 0.191 e. The third-order valence-electron chi connectivity index (χ3n) is 4.97. The number of hydrogen-bond donors (Lipinski definition) is 1. The average molecular weight is 435 g/mol. The fourth-order valence-corrected chi connectivity index (χ4v) is 3.61. The maximum absolute atomic E-state index is 6.19. The number of aromatic nitrogens is 1. The summed E-state index contributed by atoms with van der Waals surface area (Å²) in [6.45, 7) is 9.30. The number of rotatable bonds is 4. The number of guanidine groups is 1. The van der Waals surface area contributed by atoms with E-state index < -0.39 is 0 Å². The van der Waals surface area contributed by atoms with E-state index in [1.165, 1.54) is 12.8 Å². The molecule has 1 aromatic heterocycles. The van der Waals surface area contributed by atoms with Crippen LogP contribution in [0.2, 0.25) is 0 Å². The highest BCUT2D eigenvalue weighted by molar-refractivity contribution is 14.0. The predicted octanol–water partition coefficient (Wildman–Crippen LogP) is 2.63. The molecule has 2 N–H and O–H groups in total. The van der Waals surface area contributed by atoms with E-state index in [2.05, 4.69) is 33.6 Å². The Morgan fingerprint density at radius 2 is 2.05 bits per heavy atom. The topological polar surface area (TPSA) is 57.8 Å². The Labute approximate surface area is 154 Å². The average Bonchev–Trinajstić information content (AvgIpc) is 3.10. The first-order valence-electron chi connectivity index (χ1n) is 7.80. The lowest BCUT2D eigenvalue weighted by Crippen LogP contribution is -2.51. The van der Waals surface area contributed by atoms with Crippen LogP contribution < -0.4 is 10.6 Å². The van der Waals surface area contributed by atoms with E-state index >= 15 is 0 Å². The van der Waals surface area contributed by atoms with Crippen LogP contribution in [0.3, 0.4) is 0 Å². The van der Waals surface area contributed by atoms with Crippen molar-refractivity contribution in [1.29, 1.82) is 0 Å². The lowest BCUT2D eigenvalue weighted by atomic mass is 9.93. The van der Waals surface area contributed by atoms with Gasteiger partial charge in [0.1, 0.15) is 0 Å². The Kier molecular flexibility index (Phi) is 5.93. The molecule has 1 saturated heterocycles. The minimum atomic E-state index is 0. The van der Waals surface area contributed by atoms with Crippen LogP contribution in [0.15, 0.2) is 16.6 Å². The molecule has 0 amide bonds. The van der Waals surface area contributed by atoms with Crippen molar-refractivity contribution in [2.24, 2.45) is 22.1 Å². The zero-order valence-electron chi connectivity index (χ0n) is 13.4. The molecule has 0 atom stereocenters. The fraction of sp³-hybridized carbons (Fsp3) is 0.733. The summed E-state index contributed by atoms with van der Waals surface area (Å²) in [5.74, 6) is 1.43. The summed E-state index contributed by atoms with van der Waals surface area (Å²) in [4.78, 5) is 13.6. The van der Waals surface area contributed by atoms with Gasteiger partial charge in [-0.3, -0.25) is 4.99 Å². The molecule has 1 aliphatic heterocycles. The fourth-order valence-electron chi connectivity index (χ4n) is 2.92. The number of nitrogens with two attached hydrogens (primary N) is 1. The molecule has 124 valence electrons. The molecule has 0 spiro atoms. The van der Waals surface area contributed by atoms with Gasteiger partial charge in [0.25, 0.3) is 0 Å². The molecule has 2 heterocycles. The number of thiazole rings is 1. The van der Waals surface area contributed by atoms with Crippen LogP contribution in [-0.2, 0) is 0 Å². The molecule has 1 aromatic rings. The van der Waals surface area contributed by atoms with Crippen LogP contribution >= 0.6 is 35.3 Å². The lowest BCUT2D eigenvalue weighted by molar-refractivity contribution is 0.357. The Balaban J connectivity index is 0.00000176. The van der Waals surface area contributed by atoms with Crippen molar-refractivity contribution < 1.29 is 0 Å². The summed E-state index contributed by atoms with van der Waals surface area (Å²) in [5, 5.41) is 3.14. The standard InChI is InChI=1S/C15H25N5S.HI/c1-12(2)15(3-4-15)11-18-13(16)19-6-8-20(9-7-19)14-17-5-10-21-14;/h5,10,12H,3-4,6-9,11H2,1-2H3,(H2,16,18);1H. The molecule has 7 heteroatoms. The van der Waals surface area contributed by atoms with E-state index in [1.807, 2.05) is 11.6 Å². The van der Waals surface area contributed by atoms with Gasteiger partial charge in [0.15, 0.2) is 11.1 Å². The second-order valence-corrected chi connectivity index (χ2v) is 7.35. The van der Waals surface area contributed by atoms with Crippen LogP contribution in [0.25, 0.3) is 0 Å². The molecule has 2 fully saturated rings. The van der Waals surface area contributed by atoms with Crippen LogP contribution in [0.4, 0.5) is 5.13 Å². The Hall–Kier alpha value is -0.570. The van der Waals surface area contributed by atoms with E-state index in [1.54, 1.807) is 11.3 Å². The van der Waals surface area contributed by atoms with Gasteiger partial charge in [0.05, 0.1) is 0 Å². The molecule has 3 rings (SSSR count). The lowest BCUT2D eigenvalue weighted by Gasteiger charge is -2.35. The van der Waals surface area contributed by atoms with Crippen LogP contribution in [-0.4, -0.2) is 48.6 Å². The number of anilines is 1. The molecular formula is C15H26IN5S. The van der Waals surface area contributed by atoms with E-state index in [9.17, 15) is 0 Å². The van der Waals surface area contributed by atoms with Crippen molar-refractivity contribution in [2.45, 2.75) is 26.7 Å². The highest BCUT2D eigenvalue weighted by Crippen LogP contribution is 2.51. The van der Waals surface area contributed by atoms with Crippen molar-refractivity contribution in [3.8, 4) is 0 Å². The van der Waals surface area contributed by atoms with Gasteiger partial charge >= 0.3 is 0 Å². The zero-order chi connectivity index (χ0) is 14.9. The summed E-state index contributed by atoms with van der Waals surface area (Å²) in [7, 11) is 0. The SMILES string of the molecule is CC(C)C1(CN=C(N)N2CCN(c3nccs3)CC2)CC1.I. The van der Waals surface area contributed by atoms with Crippen molar-refractivity contribution in [3.63, 3.8) is 0 Å². The first-order valence-corrected chi connectivity index (χ1v) is 8.68. The van der Waals surface area contributed by atoms with Crippen molar-refractivity contribution in [3.05, 3.63) is 11.6 Å². The summed E-state index contributed by atoms with van der Waals surface area (Å²) < 4.78 is 0. The van der Waals surface area contributed by atoms with Gasteiger partial charge in [-0.05, 0) is 24.2 Å². The highest BCUT2D eigenvalue weighted by atomic mass is 127. The zero-order valence-corrected chi connectivity index (χ0v) is 16.5. The molecule has 0 radical (unpaired) electrons. The van der Waals surface area contributed by atoms with Crippen LogP contribution in [0.5, 0.6) is 0 Å². The Morgan fingerprint density at radius 1 is 1.36 bits per heavy atom. The van der Waals surface area contributed by atoms with E-state index in [4.69, 9.17) is 5.73 Å². The van der Waals surface area contributed by atoms with Crippen LogP contribution in [0, 0.1) is 11.3 Å². The third-order valence-corrected chi connectivity index (χ3v) is 5.80. The largest absolute Gasteiger partial charge is 0.370 e. The molecular weight excluding hydrogens is 409 g/mol. The minimum absolute atomic E-state index is 0. The molecule has 1 saturated carbocycles. The van der Waals surface area contributed by atoms with Gasteiger partial charge in [-0.1, -0.05) is 13.8 Å². The van der Waals surface area contributed by atoms with Crippen molar-refractivity contribution in [2.75, 3.05) is 37.6 Å². The van der Waals surface area contributed by atoms with E-state index in [0.29, 0.717) is 11.3 Å². The summed E-state index contributed by atoms with van der Waals surface area (Å²) in [6.07, 6.45) is 4.47. The summed E-state index contributed by atoms with van der Waals surface area (Å²) in [6, 6.07) is 0. The van der Waals surface area contributed by atoms with Gasteiger partial charge in [-0.15, -0.1) is 35.3 Å². The van der Waals surface area contributed by atoms with Crippen molar-refractivity contribution >= 4 is 46.4 Å². The van der Waals surface area contributed by atoms with E-state index in [-0.39, 0.29) is 24.0 Å². The number of aliphatic imine (C=N–C) groups is 1. The van der Waals surface area contributed by atoms with Gasteiger partial charge in [0, 0.05) is 44.3 Å². The highest BCUT2D eigenvalue weighted by Gasteiger charge is 2.45. The van der Waals surface area contributed by atoms with Gasteiger partial charge in [0.2, 0.25) is 0 Å². The number of halogens is 1. The monoisotopic (exact) mass is 435 g/mol. The second kappa shape index (κ2) is 7.33. The summed E-state index contributed by atoms with van der Waals surface area (Å²) >= 11 is 1.70. The molecule has 5 nitrogen and oxygen atoms in total. The first-order chi connectivity index (χ1) is 10.1. The quantitative estimate of drug-likeness (QED) is 0.449. The predicted molar refractivity (Wildman–Crippen MR) is 104 cm³/mol. The normalized spacial score (nSPS) is 21.0. The Morgan fingerprint density at radius 3 is 2.55 bits per heavy atom. The van der Waals surface area contributed by atoms with Gasteiger partial charge in [-0.25, -0.2) is 4.98 Å². The summed E-state index contributed by atoms with van der Waals surface area (Å²) in [5.41, 5.74) is 6.63. The molecule has 0 bridgehead atoms. The van der Waals surface area contributed by atoms with E-state index in [0.717, 1.165) is 43.8 Å². The van der Waals surface area contributed by atoms with Crippen LogP contribution in [0.1, 0.15) is 26.7 Å². The molecule has 22 heavy (non-hydrogen) atoms. The van der Waals surface area contributed by atoms with Gasteiger partial charge in [-0.2, -0.15) is 0 Å². The molecule has 1 aliphatic carbocycles. The van der Waals surface area contributed by atoms with Crippen molar-refractivity contribution in [1.82, 2.24) is 9.88 Å². The second-order valence-electron chi connectivity index (χ2n) is 6.48. The Bertz CT molecular complexity index is 490. The third kappa shape index (κ3) is 3.84. The first kappa shape index (κ1) is 17.8. The molecule has 0 unspecified atom stereocenters. The van der Waals surface area contributed by atoms with Gasteiger partial charge < -0.3 is 15.5 Å². The number of piperazine rings is 1. The maximum Gasteiger partial charge on any atom is 0.191 e.